The van der Waals surface area contributed by atoms with Crippen LogP contribution in [0.2, 0.25) is 0 Å². The van der Waals surface area contributed by atoms with Gasteiger partial charge in [0.1, 0.15) is 29.5 Å². The molecule has 4 N–H and O–H groups in total. The van der Waals surface area contributed by atoms with Gasteiger partial charge in [-0.2, -0.15) is 0 Å². The molecule has 7 rings (SSSR count). The third kappa shape index (κ3) is 3.28. The van der Waals surface area contributed by atoms with Crippen molar-refractivity contribution >= 4 is 5.97 Å². The highest BCUT2D eigenvalue weighted by molar-refractivity contribution is 5.89. The Morgan fingerprint density at radius 1 is 1.00 bits per heavy atom. The number of esters is 1. The molecular weight excluding hydrogens is 558 g/mol. The monoisotopic (exact) mass is 603 g/mol. The molecule has 6 fully saturated rings. The van der Waals surface area contributed by atoms with Crippen LogP contribution in [0, 0.1) is 34.5 Å². The van der Waals surface area contributed by atoms with Crippen molar-refractivity contribution in [2.24, 2.45) is 34.5 Å². The molecule has 15 atom stereocenters. The fourth-order valence-corrected chi connectivity index (χ4v) is 11.9. The van der Waals surface area contributed by atoms with Gasteiger partial charge in [-0.3, -0.25) is 4.90 Å². The average molecular weight is 604 g/mol. The second-order valence-corrected chi connectivity index (χ2v) is 13.9. The van der Waals surface area contributed by atoms with E-state index in [1.54, 1.807) is 51.7 Å². The maximum Gasteiger partial charge on any atom is 0.338 e. The van der Waals surface area contributed by atoms with Crippen LogP contribution in [-0.4, -0.2) is 133 Å². The summed E-state index contributed by atoms with van der Waals surface area (Å²) in [5.41, 5.74) is -4.81. The number of benzene rings is 1. The number of piperidine rings is 1. The Kier molecular flexibility index (Phi) is 6.92. The first kappa shape index (κ1) is 30.0. The van der Waals surface area contributed by atoms with Gasteiger partial charge in [0.15, 0.2) is 0 Å². The van der Waals surface area contributed by atoms with E-state index in [0.29, 0.717) is 25.1 Å². The third-order valence-corrected chi connectivity index (χ3v) is 12.9. The zero-order valence-electron chi connectivity index (χ0n) is 25.5. The zero-order valence-corrected chi connectivity index (χ0v) is 25.5. The number of hydrogen-bond donors (Lipinski definition) is 4. The maximum atomic E-state index is 13.6. The Hall–Kier alpha value is -1.67. The van der Waals surface area contributed by atoms with Crippen molar-refractivity contribution in [3.8, 4) is 0 Å². The smallest absolute Gasteiger partial charge is 0.338 e. The van der Waals surface area contributed by atoms with Crippen LogP contribution in [0.4, 0.5) is 0 Å². The minimum absolute atomic E-state index is 0.106. The molecule has 0 unspecified atom stereocenters. The molecule has 0 amide bonds. The molecular formula is C32H45NO10. The normalized spacial score (nSPS) is 52.7. The lowest BCUT2D eigenvalue weighted by molar-refractivity contribution is -0.320. The summed E-state index contributed by atoms with van der Waals surface area (Å²) < 4.78 is 30.5. The van der Waals surface area contributed by atoms with Crippen molar-refractivity contribution in [2.45, 2.75) is 73.6 Å². The molecule has 0 radical (unpaired) electrons. The molecule has 11 nitrogen and oxygen atoms in total. The lowest BCUT2D eigenvalue weighted by Crippen LogP contribution is -2.81. The SMILES string of the molecule is CCN1C[C@@]2(COC)[C@@H](O)C[C@@H](OC)[C@]34[C@H]5C[C@@]6(O)[C@H](OC)[C@@H](O)[C@](O)([C@@H]5[C@@H]6OC(=O)c5ccccc5)[C@H]([C@@H](OC)[C@@H]23)[C@@H]14. The largest absolute Gasteiger partial charge is 0.455 e. The highest BCUT2D eigenvalue weighted by atomic mass is 16.6. The Morgan fingerprint density at radius 3 is 2.33 bits per heavy atom. The van der Waals surface area contributed by atoms with Crippen LogP contribution >= 0.6 is 0 Å². The highest BCUT2D eigenvalue weighted by Gasteiger charge is 2.91. The summed E-state index contributed by atoms with van der Waals surface area (Å²) in [5, 5.41) is 49.7. The first-order valence-corrected chi connectivity index (χ1v) is 15.5. The number of rotatable bonds is 8. The third-order valence-electron chi connectivity index (χ3n) is 12.9. The minimum atomic E-state index is -1.86. The number of carbonyl (C=O) groups is 1. The van der Waals surface area contributed by atoms with Crippen molar-refractivity contribution in [1.82, 2.24) is 4.90 Å². The first-order chi connectivity index (χ1) is 20.6. The molecule has 1 spiro atoms. The zero-order chi connectivity index (χ0) is 30.7. The van der Waals surface area contributed by atoms with Crippen molar-refractivity contribution in [3.63, 3.8) is 0 Å². The van der Waals surface area contributed by atoms with Crippen LogP contribution < -0.4 is 0 Å². The average Bonchev–Trinajstić information content (AvgIpc) is 3.39. The predicted octanol–water partition coefficient (Wildman–Crippen LogP) is 0.0773. The van der Waals surface area contributed by atoms with Gasteiger partial charge < -0.3 is 44.1 Å². The Balaban J connectivity index is 1.48. The fraction of sp³-hybridized carbons (Fsp3) is 0.781. The van der Waals surface area contributed by atoms with E-state index >= 15 is 0 Å². The Labute approximate surface area is 252 Å². The van der Waals surface area contributed by atoms with Crippen LogP contribution in [0.1, 0.15) is 30.1 Å². The summed E-state index contributed by atoms with van der Waals surface area (Å²) in [5.74, 6) is -2.94. The van der Waals surface area contributed by atoms with Gasteiger partial charge in [-0.1, -0.05) is 25.1 Å². The van der Waals surface area contributed by atoms with Crippen molar-refractivity contribution in [1.29, 1.82) is 0 Å². The van der Waals surface area contributed by atoms with Gasteiger partial charge in [0.05, 0.1) is 30.5 Å². The molecule has 238 valence electrons. The van der Waals surface area contributed by atoms with Gasteiger partial charge in [-0.15, -0.1) is 0 Å². The number of carbonyl (C=O) groups excluding carboxylic acids is 1. The molecule has 7 bridgehead atoms. The summed E-state index contributed by atoms with van der Waals surface area (Å²) in [4.78, 5) is 15.8. The molecule has 43 heavy (non-hydrogen) atoms. The predicted molar refractivity (Wildman–Crippen MR) is 151 cm³/mol. The topological polar surface area (TPSA) is 147 Å². The molecule has 0 aromatic heterocycles. The lowest BCUT2D eigenvalue weighted by Gasteiger charge is -2.70. The van der Waals surface area contributed by atoms with Crippen LogP contribution in [0.5, 0.6) is 0 Å². The summed E-state index contributed by atoms with van der Waals surface area (Å²) in [6, 6.07) is 8.25. The molecule has 1 aromatic carbocycles. The fourth-order valence-electron chi connectivity index (χ4n) is 11.9. The van der Waals surface area contributed by atoms with E-state index < -0.39 is 82.4 Å². The standard InChI is InChI=1S/C32H45NO10/c1-6-33-14-29(15-39-2)18(34)12-19(40-3)31-17-13-30(37)26(43-28(36)16-10-8-7-9-11-16)20(17)32(38,25(35)27(30)42-5)21(24(31)33)22(41-4)23(29)31/h7-11,17-27,34-35,37-38H,6,12-15H2,1-5H3/t17-,18-,19+,20-,21+,22+,23-,24+,25+,26-,27+,29+,30-,31+,32-/m0/s1. The summed E-state index contributed by atoms with van der Waals surface area (Å²) in [6.07, 6.45) is -5.27. The number of fused-ring (bicyclic) bond motifs is 2. The van der Waals surface area contributed by atoms with Gasteiger partial charge in [0.25, 0.3) is 0 Å². The van der Waals surface area contributed by atoms with E-state index in [-0.39, 0.29) is 25.0 Å². The number of aliphatic hydroxyl groups excluding tert-OH is 2. The highest BCUT2D eigenvalue weighted by Crippen LogP contribution is 2.80. The molecule has 5 saturated carbocycles. The molecule has 6 aliphatic rings. The number of ether oxygens (including phenoxy) is 5. The van der Waals surface area contributed by atoms with E-state index in [1.807, 2.05) is 0 Å². The number of aliphatic hydroxyl groups is 4. The maximum absolute atomic E-state index is 13.6. The summed E-state index contributed by atoms with van der Waals surface area (Å²) in [6.45, 7) is 3.46. The second-order valence-electron chi connectivity index (χ2n) is 13.9. The van der Waals surface area contributed by atoms with E-state index in [9.17, 15) is 25.2 Å². The number of hydrogen-bond acceptors (Lipinski definition) is 11. The van der Waals surface area contributed by atoms with Crippen LogP contribution in [-0.2, 0) is 23.7 Å². The number of likely N-dealkylation sites (tertiary alicyclic amines) is 1. The van der Waals surface area contributed by atoms with Gasteiger partial charge in [-0.05, 0) is 31.0 Å². The van der Waals surface area contributed by atoms with Gasteiger partial charge in [0, 0.05) is 76.0 Å². The lowest BCUT2D eigenvalue weighted by atomic mass is 9.42. The van der Waals surface area contributed by atoms with Crippen molar-refractivity contribution in [2.75, 3.05) is 48.1 Å². The van der Waals surface area contributed by atoms with Crippen LogP contribution in [0.3, 0.4) is 0 Å². The van der Waals surface area contributed by atoms with E-state index in [2.05, 4.69) is 11.8 Å². The number of methoxy groups -OCH3 is 4. The molecule has 11 heteroatoms. The van der Waals surface area contributed by atoms with Gasteiger partial charge >= 0.3 is 5.97 Å². The Morgan fingerprint density at radius 2 is 1.72 bits per heavy atom. The van der Waals surface area contributed by atoms with E-state index in [4.69, 9.17) is 23.7 Å². The quantitative estimate of drug-likeness (QED) is 0.300. The summed E-state index contributed by atoms with van der Waals surface area (Å²) in [7, 11) is 6.29. The van der Waals surface area contributed by atoms with E-state index in [1.165, 1.54) is 7.11 Å². The molecule has 1 aliphatic heterocycles. The van der Waals surface area contributed by atoms with Crippen LogP contribution in [0.25, 0.3) is 0 Å². The molecule has 1 heterocycles. The number of nitrogens with zero attached hydrogens (tertiary/aromatic N) is 1. The van der Waals surface area contributed by atoms with Gasteiger partial charge in [-0.25, -0.2) is 4.79 Å². The van der Waals surface area contributed by atoms with E-state index in [0.717, 1.165) is 0 Å². The van der Waals surface area contributed by atoms with Gasteiger partial charge in [0.2, 0.25) is 0 Å². The Bertz CT molecular complexity index is 1250. The molecule has 5 aliphatic carbocycles. The van der Waals surface area contributed by atoms with Crippen LogP contribution in [0.15, 0.2) is 30.3 Å². The summed E-state index contributed by atoms with van der Waals surface area (Å²) >= 11 is 0. The minimum Gasteiger partial charge on any atom is -0.455 e. The first-order valence-electron chi connectivity index (χ1n) is 15.5. The molecule has 1 aromatic rings. The van der Waals surface area contributed by atoms with Crippen molar-refractivity contribution < 1.29 is 48.9 Å². The molecule has 1 saturated heterocycles. The van der Waals surface area contributed by atoms with Crippen molar-refractivity contribution in [3.05, 3.63) is 35.9 Å². The second kappa shape index (κ2) is 9.91.